The summed E-state index contributed by atoms with van der Waals surface area (Å²) in [6.45, 7) is 1.92. The molecule has 0 radical (unpaired) electrons. The number of hydrogen-bond donors (Lipinski definition) is 2. The van der Waals surface area contributed by atoms with Gasteiger partial charge in [0, 0.05) is 5.56 Å². The van der Waals surface area contributed by atoms with Gasteiger partial charge in [0.05, 0.1) is 14.3 Å². The highest BCUT2D eigenvalue weighted by molar-refractivity contribution is 14.1. The summed E-state index contributed by atoms with van der Waals surface area (Å²) in [5, 5.41) is 12.8. The number of phenols is 1. The largest absolute Gasteiger partial charge is 0.507 e. The van der Waals surface area contributed by atoms with Crippen LogP contribution in [0, 0.1) is 10.5 Å². The molecule has 1 amide bonds. The Hall–Kier alpha value is -1.27. The molecule has 0 heterocycles. The summed E-state index contributed by atoms with van der Waals surface area (Å²) in [7, 11) is 0. The smallest absolute Gasteiger partial charge is 0.255 e. The maximum Gasteiger partial charge on any atom is 0.255 e. The minimum atomic E-state index is -0.306. The third-order valence-corrected chi connectivity index (χ3v) is 3.82. The lowest BCUT2D eigenvalue weighted by Crippen LogP contribution is -2.12. The van der Waals surface area contributed by atoms with Crippen LogP contribution in [0.2, 0.25) is 5.02 Å². The third kappa shape index (κ3) is 3.39. The van der Waals surface area contributed by atoms with Crippen molar-refractivity contribution in [1.82, 2.24) is 0 Å². The van der Waals surface area contributed by atoms with Crippen molar-refractivity contribution in [1.29, 1.82) is 0 Å². The minimum absolute atomic E-state index is 0.0867. The predicted octanol–water partition coefficient (Wildman–Crippen LogP) is 4.21. The van der Waals surface area contributed by atoms with Crippen LogP contribution in [0.5, 0.6) is 5.75 Å². The number of rotatable bonds is 2. The Bertz CT molecular complexity index is 643. The van der Waals surface area contributed by atoms with Crippen LogP contribution >= 0.6 is 34.2 Å². The van der Waals surface area contributed by atoms with Crippen molar-refractivity contribution in [3.05, 3.63) is 56.1 Å². The van der Waals surface area contributed by atoms with E-state index < -0.39 is 0 Å². The number of carbonyl (C=O) groups is 1. The first-order valence-electron chi connectivity index (χ1n) is 5.53. The highest BCUT2D eigenvalue weighted by atomic mass is 127. The van der Waals surface area contributed by atoms with Gasteiger partial charge in [-0.05, 0) is 65.4 Å². The van der Waals surface area contributed by atoms with Crippen molar-refractivity contribution >= 4 is 45.8 Å². The molecule has 19 heavy (non-hydrogen) atoms. The molecule has 0 aliphatic carbocycles. The summed E-state index contributed by atoms with van der Waals surface area (Å²) in [6.07, 6.45) is 0. The molecule has 0 aromatic heterocycles. The topological polar surface area (TPSA) is 49.3 Å². The lowest BCUT2D eigenvalue weighted by atomic mass is 10.2. The molecule has 0 aliphatic rings. The quantitative estimate of drug-likeness (QED) is 0.758. The van der Waals surface area contributed by atoms with Crippen LogP contribution < -0.4 is 5.32 Å². The molecular weight excluding hydrogens is 377 g/mol. The molecule has 0 fully saturated rings. The molecule has 2 rings (SSSR count). The number of aromatic hydroxyl groups is 1. The summed E-state index contributed by atoms with van der Waals surface area (Å²) in [4.78, 5) is 12.1. The van der Waals surface area contributed by atoms with E-state index >= 15 is 0 Å². The maximum atomic E-state index is 12.1. The molecule has 5 heteroatoms. The van der Waals surface area contributed by atoms with Crippen LogP contribution in [0.15, 0.2) is 36.4 Å². The molecule has 0 aliphatic heterocycles. The second-order valence-electron chi connectivity index (χ2n) is 4.10. The first-order chi connectivity index (χ1) is 8.97. The zero-order chi connectivity index (χ0) is 14.0. The van der Waals surface area contributed by atoms with Crippen LogP contribution in [-0.4, -0.2) is 11.0 Å². The van der Waals surface area contributed by atoms with Crippen LogP contribution in [0.3, 0.4) is 0 Å². The van der Waals surface area contributed by atoms with Gasteiger partial charge in [0.15, 0.2) is 0 Å². The standard InChI is InChI=1S/C14H11ClINO2/c1-8-2-4-10(15)12(6-8)17-14(19)9-3-5-11(16)13(18)7-9/h2-7,18H,1H3,(H,17,19). The molecule has 0 spiro atoms. The Morgan fingerprint density at radius 2 is 2.00 bits per heavy atom. The fourth-order valence-electron chi connectivity index (χ4n) is 1.58. The summed E-state index contributed by atoms with van der Waals surface area (Å²) in [5.41, 5.74) is 1.95. The van der Waals surface area contributed by atoms with Gasteiger partial charge in [0.2, 0.25) is 0 Å². The van der Waals surface area contributed by atoms with Gasteiger partial charge in [0.1, 0.15) is 5.75 Å². The van der Waals surface area contributed by atoms with Crippen molar-refractivity contribution in [2.45, 2.75) is 6.92 Å². The number of aryl methyl sites for hydroxylation is 1. The van der Waals surface area contributed by atoms with Gasteiger partial charge in [-0.3, -0.25) is 4.79 Å². The Balaban J connectivity index is 2.25. The molecule has 2 N–H and O–H groups in total. The van der Waals surface area contributed by atoms with E-state index in [4.69, 9.17) is 11.6 Å². The highest BCUT2D eigenvalue weighted by Crippen LogP contribution is 2.25. The summed E-state index contributed by atoms with van der Waals surface area (Å²) < 4.78 is 0.697. The third-order valence-electron chi connectivity index (χ3n) is 2.58. The van der Waals surface area contributed by atoms with Crippen LogP contribution in [-0.2, 0) is 0 Å². The summed E-state index contributed by atoms with van der Waals surface area (Å²) in [5.74, 6) is -0.220. The lowest BCUT2D eigenvalue weighted by molar-refractivity contribution is 0.102. The number of anilines is 1. The summed E-state index contributed by atoms with van der Waals surface area (Å²) in [6, 6.07) is 10.2. The molecule has 2 aromatic rings. The number of benzene rings is 2. The lowest BCUT2D eigenvalue weighted by Gasteiger charge is -2.08. The molecule has 2 aromatic carbocycles. The number of phenolic OH excluding ortho intramolecular Hbond substituents is 1. The molecule has 0 saturated carbocycles. The Morgan fingerprint density at radius 1 is 1.26 bits per heavy atom. The fourth-order valence-corrected chi connectivity index (χ4v) is 2.08. The van der Waals surface area contributed by atoms with Gasteiger partial charge in [0.25, 0.3) is 5.91 Å². The van der Waals surface area contributed by atoms with Crippen molar-refractivity contribution < 1.29 is 9.90 Å². The summed E-state index contributed by atoms with van der Waals surface area (Å²) >= 11 is 8.01. The normalized spacial score (nSPS) is 10.3. The van der Waals surface area contributed by atoms with Crippen molar-refractivity contribution in [2.75, 3.05) is 5.32 Å². The maximum absolute atomic E-state index is 12.1. The first kappa shape index (κ1) is 14.1. The molecular formula is C14H11ClINO2. The number of halogens is 2. The van der Waals surface area contributed by atoms with Gasteiger partial charge in [-0.2, -0.15) is 0 Å². The molecule has 98 valence electrons. The SMILES string of the molecule is Cc1ccc(Cl)c(NC(=O)c2ccc(I)c(O)c2)c1. The van der Waals surface area contributed by atoms with Crippen molar-refractivity contribution in [3.63, 3.8) is 0 Å². The molecule has 0 atom stereocenters. The number of nitrogens with one attached hydrogen (secondary N) is 1. The van der Waals surface area contributed by atoms with E-state index in [1.807, 2.05) is 35.6 Å². The minimum Gasteiger partial charge on any atom is -0.507 e. The van der Waals surface area contributed by atoms with E-state index in [1.54, 1.807) is 24.3 Å². The van der Waals surface area contributed by atoms with Gasteiger partial charge >= 0.3 is 0 Å². The zero-order valence-electron chi connectivity index (χ0n) is 10.1. The van der Waals surface area contributed by atoms with Crippen LogP contribution in [0.25, 0.3) is 0 Å². The van der Waals surface area contributed by atoms with E-state index in [2.05, 4.69) is 5.32 Å². The average Bonchev–Trinajstić information content (AvgIpc) is 2.37. The number of amides is 1. The van der Waals surface area contributed by atoms with Gasteiger partial charge in [-0.15, -0.1) is 0 Å². The second kappa shape index (κ2) is 5.79. The molecule has 0 bridgehead atoms. The van der Waals surface area contributed by atoms with Gasteiger partial charge in [-0.1, -0.05) is 17.7 Å². The van der Waals surface area contributed by atoms with E-state index in [9.17, 15) is 9.90 Å². The first-order valence-corrected chi connectivity index (χ1v) is 6.99. The predicted molar refractivity (Wildman–Crippen MR) is 85.0 cm³/mol. The van der Waals surface area contributed by atoms with Gasteiger partial charge < -0.3 is 10.4 Å². The second-order valence-corrected chi connectivity index (χ2v) is 5.67. The number of carbonyl (C=O) groups excluding carboxylic acids is 1. The van der Waals surface area contributed by atoms with E-state index in [0.717, 1.165) is 5.56 Å². The zero-order valence-corrected chi connectivity index (χ0v) is 13.0. The monoisotopic (exact) mass is 387 g/mol. The van der Waals surface area contributed by atoms with Crippen LogP contribution in [0.1, 0.15) is 15.9 Å². The van der Waals surface area contributed by atoms with E-state index in [-0.39, 0.29) is 11.7 Å². The number of hydrogen-bond acceptors (Lipinski definition) is 2. The molecule has 0 unspecified atom stereocenters. The van der Waals surface area contributed by atoms with E-state index in [0.29, 0.717) is 19.8 Å². The van der Waals surface area contributed by atoms with Crippen LogP contribution in [0.4, 0.5) is 5.69 Å². The highest BCUT2D eigenvalue weighted by Gasteiger charge is 2.10. The van der Waals surface area contributed by atoms with E-state index in [1.165, 1.54) is 6.07 Å². The van der Waals surface area contributed by atoms with Crippen molar-refractivity contribution in [2.24, 2.45) is 0 Å². The molecule has 0 saturated heterocycles. The van der Waals surface area contributed by atoms with Gasteiger partial charge in [-0.25, -0.2) is 0 Å². The Kier molecular flexibility index (Phi) is 4.31. The fraction of sp³-hybridized carbons (Fsp3) is 0.0714. The Labute approximate surface area is 129 Å². The Morgan fingerprint density at radius 3 is 2.68 bits per heavy atom. The molecule has 3 nitrogen and oxygen atoms in total. The average molecular weight is 388 g/mol. The van der Waals surface area contributed by atoms with Crippen molar-refractivity contribution in [3.8, 4) is 5.75 Å².